The molecular formula is C21H18ClFN4O3. The normalized spacial score (nSPS) is 10.6. The van der Waals surface area contributed by atoms with E-state index < -0.39 is 10.7 Å². The van der Waals surface area contributed by atoms with E-state index in [0.29, 0.717) is 35.4 Å². The molecule has 1 aromatic heterocycles. The molecule has 30 heavy (non-hydrogen) atoms. The molecule has 1 N–H and O–H groups in total. The van der Waals surface area contributed by atoms with E-state index in [-0.39, 0.29) is 16.5 Å². The molecule has 2 aromatic carbocycles. The lowest BCUT2D eigenvalue weighted by molar-refractivity contribution is -0.385. The fraction of sp³-hybridized carbons (Fsp3) is 0.238. The van der Waals surface area contributed by atoms with Crippen LogP contribution in [0.1, 0.15) is 25.7 Å². The van der Waals surface area contributed by atoms with E-state index in [4.69, 9.17) is 22.8 Å². The Morgan fingerprint density at radius 2 is 2.07 bits per heavy atom. The first-order valence-electron chi connectivity index (χ1n) is 9.21. The Morgan fingerprint density at radius 3 is 2.80 bits per heavy atom. The zero-order chi connectivity index (χ0) is 21.5. The quantitative estimate of drug-likeness (QED) is 0.205. The summed E-state index contributed by atoms with van der Waals surface area (Å²) in [5, 5.41) is 14.9. The molecule has 0 amide bonds. The maximum atomic E-state index is 13.4. The van der Waals surface area contributed by atoms with Crippen molar-refractivity contribution in [1.29, 1.82) is 0 Å². The Kier molecular flexibility index (Phi) is 6.99. The summed E-state index contributed by atoms with van der Waals surface area (Å²) in [6.45, 7) is 0.335. The molecule has 7 nitrogen and oxygen atoms in total. The molecule has 1 heterocycles. The Balaban J connectivity index is 1.86. The highest BCUT2D eigenvalue weighted by molar-refractivity contribution is 6.31. The van der Waals surface area contributed by atoms with Crippen molar-refractivity contribution in [2.45, 2.75) is 25.7 Å². The first kappa shape index (κ1) is 21.3. The maximum Gasteiger partial charge on any atom is 0.311 e. The third-order valence-electron chi connectivity index (χ3n) is 4.32. The molecular weight excluding hydrogens is 411 g/mol. The third-order valence-corrected chi connectivity index (χ3v) is 4.61. The summed E-state index contributed by atoms with van der Waals surface area (Å²) in [5.41, 5.74) is 0.756. The van der Waals surface area contributed by atoms with Gasteiger partial charge in [0, 0.05) is 24.2 Å². The number of ether oxygens (including phenoxy) is 1. The average Bonchev–Trinajstić information content (AvgIpc) is 2.73. The summed E-state index contributed by atoms with van der Waals surface area (Å²) in [5.74, 6) is 2.49. The minimum absolute atomic E-state index is 0.0535. The molecule has 154 valence electrons. The number of benzene rings is 2. The number of halogens is 2. The van der Waals surface area contributed by atoms with Gasteiger partial charge in [0.1, 0.15) is 18.0 Å². The van der Waals surface area contributed by atoms with Crippen LogP contribution >= 0.6 is 11.6 Å². The van der Waals surface area contributed by atoms with E-state index in [9.17, 15) is 14.5 Å². The highest BCUT2D eigenvalue weighted by Crippen LogP contribution is 2.35. The number of fused-ring (bicyclic) bond motifs is 1. The lowest BCUT2D eigenvalue weighted by atomic mass is 10.2. The molecule has 3 aromatic rings. The van der Waals surface area contributed by atoms with Gasteiger partial charge in [0.25, 0.3) is 0 Å². The topological polar surface area (TPSA) is 90.2 Å². The van der Waals surface area contributed by atoms with Crippen LogP contribution in [0.25, 0.3) is 10.9 Å². The van der Waals surface area contributed by atoms with E-state index in [2.05, 4.69) is 21.2 Å². The first-order chi connectivity index (χ1) is 14.5. The number of nitrogens with one attached hydrogen (secondary N) is 1. The number of aromatic nitrogens is 2. The highest BCUT2D eigenvalue weighted by Gasteiger charge is 2.19. The number of hydrogen-bond donors (Lipinski definition) is 1. The minimum atomic E-state index is -0.550. The van der Waals surface area contributed by atoms with Crippen molar-refractivity contribution in [3.63, 3.8) is 0 Å². The van der Waals surface area contributed by atoms with Crippen molar-refractivity contribution in [2.75, 3.05) is 11.9 Å². The van der Waals surface area contributed by atoms with Crippen LogP contribution in [-0.4, -0.2) is 21.5 Å². The summed E-state index contributed by atoms with van der Waals surface area (Å²) >= 11 is 5.81. The predicted molar refractivity (Wildman–Crippen MR) is 114 cm³/mol. The lowest BCUT2D eigenvalue weighted by Gasteiger charge is -2.11. The molecule has 0 fully saturated rings. The van der Waals surface area contributed by atoms with E-state index in [1.165, 1.54) is 36.7 Å². The second-order valence-electron chi connectivity index (χ2n) is 6.43. The molecule has 0 atom stereocenters. The summed E-state index contributed by atoms with van der Waals surface area (Å²) in [4.78, 5) is 19.4. The largest absolute Gasteiger partial charge is 0.487 e. The Bertz CT molecular complexity index is 1120. The summed E-state index contributed by atoms with van der Waals surface area (Å²) < 4.78 is 19.0. The van der Waals surface area contributed by atoms with E-state index in [1.807, 2.05) is 0 Å². The second-order valence-corrected chi connectivity index (χ2v) is 6.84. The van der Waals surface area contributed by atoms with Crippen LogP contribution in [-0.2, 0) is 0 Å². The Hall–Kier alpha value is -3.44. The van der Waals surface area contributed by atoms with Crippen LogP contribution in [0.2, 0.25) is 5.02 Å². The van der Waals surface area contributed by atoms with Crippen molar-refractivity contribution in [2.24, 2.45) is 0 Å². The number of terminal acetylenes is 1. The average molecular weight is 429 g/mol. The van der Waals surface area contributed by atoms with Crippen molar-refractivity contribution in [3.05, 3.63) is 57.6 Å². The van der Waals surface area contributed by atoms with Crippen molar-refractivity contribution >= 4 is 39.7 Å². The van der Waals surface area contributed by atoms with Gasteiger partial charge in [-0.3, -0.25) is 10.1 Å². The lowest BCUT2D eigenvalue weighted by Crippen LogP contribution is -2.02. The van der Waals surface area contributed by atoms with Crippen LogP contribution in [0.15, 0.2) is 36.7 Å². The number of anilines is 2. The van der Waals surface area contributed by atoms with E-state index >= 15 is 0 Å². The van der Waals surface area contributed by atoms with Crippen LogP contribution in [0.3, 0.4) is 0 Å². The van der Waals surface area contributed by atoms with Gasteiger partial charge in [0.15, 0.2) is 5.75 Å². The number of nitrogens with zero attached hydrogens (tertiary/aromatic N) is 3. The molecule has 0 radical (unpaired) electrons. The van der Waals surface area contributed by atoms with Gasteiger partial charge in [-0.15, -0.1) is 12.3 Å². The second kappa shape index (κ2) is 9.85. The van der Waals surface area contributed by atoms with Crippen LogP contribution < -0.4 is 10.1 Å². The van der Waals surface area contributed by atoms with Gasteiger partial charge >= 0.3 is 5.69 Å². The predicted octanol–water partition coefficient (Wildman–Crippen LogP) is 5.65. The standard InChI is InChI=1S/C21H18ClFN4O3/c1-2-3-4-5-6-9-30-20-12-18-15(11-19(20)27(28)29)21(25-13-24-18)26-14-7-8-17(23)16(22)10-14/h1,7-8,10-13H,3-6,9H2,(H,24,25,26). The Morgan fingerprint density at radius 1 is 1.23 bits per heavy atom. The number of hydrogen-bond acceptors (Lipinski definition) is 6. The van der Waals surface area contributed by atoms with Gasteiger partial charge in [-0.1, -0.05) is 11.6 Å². The van der Waals surface area contributed by atoms with Gasteiger partial charge < -0.3 is 10.1 Å². The highest BCUT2D eigenvalue weighted by atomic mass is 35.5. The van der Waals surface area contributed by atoms with E-state index in [1.54, 1.807) is 0 Å². The molecule has 0 aliphatic rings. The number of nitro benzene ring substituents is 1. The van der Waals surface area contributed by atoms with Crippen molar-refractivity contribution in [3.8, 4) is 18.1 Å². The fourth-order valence-corrected chi connectivity index (χ4v) is 3.01. The van der Waals surface area contributed by atoms with Crippen molar-refractivity contribution in [1.82, 2.24) is 9.97 Å². The van der Waals surface area contributed by atoms with Gasteiger partial charge in [-0.25, -0.2) is 14.4 Å². The molecule has 0 bridgehead atoms. The molecule has 0 saturated heterocycles. The summed E-state index contributed by atoms with van der Waals surface area (Å²) in [7, 11) is 0. The third kappa shape index (κ3) is 5.13. The minimum Gasteiger partial charge on any atom is -0.487 e. The maximum absolute atomic E-state index is 13.4. The zero-order valence-electron chi connectivity index (χ0n) is 15.9. The molecule has 0 spiro atoms. The summed E-state index contributed by atoms with van der Waals surface area (Å²) in [6.07, 6.45) is 9.74. The molecule has 0 aliphatic heterocycles. The van der Waals surface area contributed by atoms with Gasteiger partial charge in [0.2, 0.25) is 0 Å². The molecule has 3 rings (SSSR count). The Labute approximate surface area is 177 Å². The number of unbranched alkanes of at least 4 members (excludes halogenated alkanes) is 3. The zero-order valence-corrected chi connectivity index (χ0v) is 16.7. The summed E-state index contributed by atoms with van der Waals surface area (Å²) in [6, 6.07) is 6.97. The van der Waals surface area contributed by atoms with Gasteiger partial charge in [-0.05, 0) is 37.5 Å². The first-order valence-corrected chi connectivity index (χ1v) is 9.59. The monoisotopic (exact) mass is 428 g/mol. The molecule has 0 aliphatic carbocycles. The SMILES string of the molecule is C#CCCCCCOc1cc2ncnc(Nc3ccc(F)c(Cl)c3)c2cc1[N+](=O)[O-]. The molecule has 0 saturated carbocycles. The van der Waals surface area contributed by atoms with Gasteiger partial charge in [0.05, 0.1) is 27.5 Å². The van der Waals surface area contributed by atoms with Crippen molar-refractivity contribution < 1.29 is 14.1 Å². The molecule has 9 heteroatoms. The number of nitro groups is 1. The van der Waals surface area contributed by atoms with Crippen LogP contribution in [0.4, 0.5) is 21.6 Å². The molecule has 0 unspecified atom stereocenters. The van der Waals surface area contributed by atoms with E-state index in [0.717, 1.165) is 19.3 Å². The van der Waals surface area contributed by atoms with Gasteiger partial charge in [-0.2, -0.15) is 0 Å². The number of rotatable bonds is 9. The fourth-order valence-electron chi connectivity index (χ4n) is 2.83. The van der Waals surface area contributed by atoms with Crippen LogP contribution in [0.5, 0.6) is 5.75 Å². The smallest absolute Gasteiger partial charge is 0.311 e. The van der Waals surface area contributed by atoms with Crippen LogP contribution in [0, 0.1) is 28.3 Å².